The molecule has 0 saturated carbocycles. The Morgan fingerprint density at radius 1 is 1.47 bits per heavy atom. The summed E-state index contributed by atoms with van der Waals surface area (Å²) in [7, 11) is 1.42. The van der Waals surface area contributed by atoms with Crippen molar-refractivity contribution in [3.8, 4) is 5.75 Å². The number of aliphatic hydroxyl groups is 2. The Bertz CT molecular complexity index is 407. The minimum Gasteiger partial charge on any atom is -0.497 e. The Morgan fingerprint density at radius 2 is 2.12 bits per heavy atom. The van der Waals surface area contributed by atoms with Crippen LogP contribution in [0.4, 0.5) is 0 Å². The quantitative estimate of drug-likeness (QED) is 0.565. The summed E-state index contributed by atoms with van der Waals surface area (Å²) >= 11 is 0. The highest BCUT2D eigenvalue weighted by molar-refractivity contribution is 5.89. The van der Waals surface area contributed by atoms with Crippen molar-refractivity contribution in [2.45, 2.75) is 12.2 Å². The molecule has 1 aromatic carbocycles. The van der Waals surface area contributed by atoms with Crippen molar-refractivity contribution in [2.24, 2.45) is 5.73 Å². The van der Waals surface area contributed by atoms with Crippen LogP contribution >= 0.6 is 0 Å². The van der Waals surface area contributed by atoms with Crippen molar-refractivity contribution >= 4 is 5.97 Å². The lowest BCUT2D eigenvalue weighted by atomic mass is 9.98. The molecule has 1 rings (SSSR count). The summed E-state index contributed by atoms with van der Waals surface area (Å²) < 4.78 is 4.94. The van der Waals surface area contributed by atoms with Gasteiger partial charge in [0.05, 0.1) is 18.8 Å². The minimum atomic E-state index is -1.36. The first-order valence-corrected chi connectivity index (χ1v) is 4.98. The summed E-state index contributed by atoms with van der Waals surface area (Å²) in [5.41, 5.74) is 5.21. The number of ether oxygens (including phenoxy) is 1. The first kappa shape index (κ1) is 13.4. The lowest BCUT2D eigenvalue weighted by Crippen LogP contribution is -2.28. The molecule has 2 atom stereocenters. The molecule has 6 nitrogen and oxygen atoms in total. The predicted molar refractivity (Wildman–Crippen MR) is 60.0 cm³/mol. The van der Waals surface area contributed by atoms with E-state index in [2.05, 4.69) is 0 Å². The van der Waals surface area contributed by atoms with Crippen LogP contribution in [0, 0.1) is 0 Å². The molecule has 5 N–H and O–H groups in total. The van der Waals surface area contributed by atoms with Gasteiger partial charge < -0.3 is 25.8 Å². The third-order valence-corrected chi connectivity index (χ3v) is 2.41. The maximum absolute atomic E-state index is 11.0. The maximum atomic E-state index is 11.0. The number of carbonyl (C=O) groups is 1. The fraction of sp³-hybridized carbons (Fsp3) is 0.364. The number of carboxylic acid groups (broad SMARTS) is 1. The number of methoxy groups -OCH3 is 1. The molecule has 6 heteroatoms. The molecule has 94 valence electrons. The number of benzene rings is 1. The van der Waals surface area contributed by atoms with E-state index in [1.165, 1.54) is 25.3 Å². The summed E-state index contributed by atoms with van der Waals surface area (Å²) in [5, 5.41) is 28.2. The molecule has 0 aliphatic carbocycles. The second-order valence-electron chi connectivity index (χ2n) is 3.51. The molecule has 17 heavy (non-hydrogen) atoms. The Kier molecular flexibility index (Phi) is 4.45. The van der Waals surface area contributed by atoms with Gasteiger partial charge in [-0.1, -0.05) is 0 Å². The third-order valence-electron chi connectivity index (χ3n) is 2.41. The van der Waals surface area contributed by atoms with Crippen molar-refractivity contribution < 1.29 is 24.9 Å². The van der Waals surface area contributed by atoms with Crippen molar-refractivity contribution in [1.82, 2.24) is 0 Å². The molecule has 0 spiro atoms. The van der Waals surface area contributed by atoms with Crippen LogP contribution in [0.15, 0.2) is 18.2 Å². The Balaban J connectivity index is 3.21. The summed E-state index contributed by atoms with van der Waals surface area (Å²) in [4.78, 5) is 11.0. The van der Waals surface area contributed by atoms with Gasteiger partial charge in [0.25, 0.3) is 0 Å². The van der Waals surface area contributed by atoms with E-state index in [0.717, 1.165) is 0 Å². The van der Waals surface area contributed by atoms with Crippen molar-refractivity contribution in [3.05, 3.63) is 29.3 Å². The smallest absolute Gasteiger partial charge is 0.336 e. The highest BCUT2D eigenvalue weighted by Crippen LogP contribution is 2.25. The van der Waals surface area contributed by atoms with Crippen LogP contribution < -0.4 is 10.5 Å². The van der Waals surface area contributed by atoms with Gasteiger partial charge in [0.1, 0.15) is 11.9 Å². The zero-order valence-electron chi connectivity index (χ0n) is 9.33. The van der Waals surface area contributed by atoms with E-state index in [0.29, 0.717) is 5.75 Å². The average Bonchev–Trinajstić information content (AvgIpc) is 2.35. The van der Waals surface area contributed by atoms with Crippen LogP contribution in [0.3, 0.4) is 0 Å². The molecule has 0 bridgehead atoms. The second-order valence-corrected chi connectivity index (χ2v) is 3.51. The van der Waals surface area contributed by atoms with Crippen LogP contribution in [0.2, 0.25) is 0 Å². The summed E-state index contributed by atoms with van der Waals surface area (Å²) in [6.45, 7) is -0.169. The number of aliphatic hydroxyl groups excluding tert-OH is 2. The Hall–Kier alpha value is -1.63. The number of rotatable bonds is 5. The number of aromatic carboxylic acids is 1. The number of hydrogen-bond acceptors (Lipinski definition) is 5. The SMILES string of the molecule is COc1ccc(C(=O)O)c(C(O)C(O)CN)c1. The van der Waals surface area contributed by atoms with Crippen LogP contribution in [0.1, 0.15) is 22.0 Å². The van der Waals surface area contributed by atoms with Crippen LogP contribution in [0.5, 0.6) is 5.75 Å². The number of nitrogens with two attached hydrogens (primary N) is 1. The van der Waals surface area contributed by atoms with E-state index in [9.17, 15) is 15.0 Å². The summed E-state index contributed by atoms with van der Waals surface area (Å²) in [5.74, 6) is -0.792. The van der Waals surface area contributed by atoms with E-state index in [4.69, 9.17) is 15.6 Å². The highest BCUT2D eigenvalue weighted by atomic mass is 16.5. The molecule has 0 saturated heterocycles. The standard InChI is InChI=1S/C11H15NO5/c1-17-6-2-3-7(11(15)16)8(4-6)10(14)9(13)5-12/h2-4,9-10,13-14H,5,12H2,1H3,(H,15,16). The Morgan fingerprint density at radius 3 is 2.59 bits per heavy atom. The largest absolute Gasteiger partial charge is 0.497 e. The van der Waals surface area contributed by atoms with Gasteiger partial charge >= 0.3 is 5.97 Å². The molecule has 0 radical (unpaired) electrons. The van der Waals surface area contributed by atoms with Gasteiger partial charge in [-0.15, -0.1) is 0 Å². The minimum absolute atomic E-state index is 0.0785. The number of hydrogen-bond donors (Lipinski definition) is 4. The van der Waals surface area contributed by atoms with Crippen LogP contribution in [-0.4, -0.2) is 41.0 Å². The zero-order chi connectivity index (χ0) is 13.0. The number of carboxylic acids is 1. The topological polar surface area (TPSA) is 113 Å². The fourth-order valence-corrected chi connectivity index (χ4v) is 1.44. The monoisotopic (exact) mass is 241 g/mol. The molecule has 1 aromatic rings. The van der Waals surface area contributed by atoms with E-state index in [1.54, 1.807) is 0 Å². The molecule has 0 aliphatic rings. The third kappa shape index (κ3) is 2.94. The first-order chi connectivity index (χ1) is 8.01. The zero-order valence-corrected chi connectivity index (χ0v) is 9.33. The predicted octanol–water partition coefficient (Wildman–Crippen LogP) is -0.254. The first-order valence-electron chi connectivity index (χ1n) is 4.98. The van der Waals surface area contributed by atoms with Crippen LogP contribution in [0.25, 0.3) is 0 Å². The molecule has 0 heterocycles. The molecule has 0 aromatic heterocycles. The average molecular weight is 241 g/mol. The molecule has 2 unspecified atom stereocenters. The van der Waals surface area contributed by atoms with E-state index in [1.807, 2.05) is 0 Å². The fourth-order valence-electron chi connectivity index (χ4n) is 1.44. The van der Waals surface area contributed by atoms with Gasteiger partial charge in [0, 0.05) is 12.1 Å². The van der Waals surface area contributed by atoms with E-state index >= 15 is 0 Å². The van der Waals surface area contributed by atoms with Gasteiger partial charge in [-0.05, 0) is 18.2 Å². The van der Waals surface area contributed by atoms with Gasteiger partial charge in [-0.25, -0.2) is 4.79 Å². The lowest BCUT2D eigenvalue weighted by molar-refractivity contribution is 0.0231. The molecular formula is C11H15NO5. The van der Waals surface area contributed by atoms with Gasteiger partial charge in [0.2, 0.25) is 0 Å². The Labute approximate surface area is 98.3 Å². The van der Waals surface area contributed by atoms with Gasteiger partial charge in [-0.2, -0.15) is 0 Å². The van der Waals surface area contributed by atoms with Crippen molar-refractivity contribution in [3.63, 3.8) is 0 Å². The highest BCUT2D eigenvalue weighted by Gasteiger charge is 2.23. The molecule has 0 fully saturated rings. The normalized spacial score (nSPS) is 14.1. The molecular weight excluding hydrogens is 226 g/mol. The maximum Gasteiger partial charge on any atom is 0.336 e. The van der Waals surface area contributed by atoms with Crippen molar-refractivity contribution in [1.29, 1.82) is 0 Å². The van der Waals surface area contributed by atoms with E-state index in [-0.39, 0.29) is 17.7 Å². The molecule has 0 amide bonds. The van der Waals surface area contributed by atoms with Crippen molar-refractivity contribution in [2.75, 3.05) is 13.7 Å². The van der Waals surface area contributed by atoms with E-state index < -0.39 is 18.2 Å². The van der Waals surface area contributed by atoms with Gasteiger partial charge in [0.15, 0.2) is 0 Å². The second kappa shape index (κ2) is 5.62. The molecule has 0 aliphatic heterocycles. The summed E-state index contributed by atoms with van der Waals surface area (Å²) in [6, 6.07) is 4.14. The van der Waals surface area contributed by atoms with Gasteiger partial charge in [-0.3, -0.25) is 0 Å². The van der Waals surface area contributed by atoms with Crippen LogP contribution in [-0.2, 0) is 0 Å². The summed E-state index contributed by atoms with van der Waals surface area (Å²) in [6.07, 6.45) is -2.58. The lowest BCUT2D eigenvalue weighted by Gasteiger charge is -2.18.